The molecule has 0 aliphatic carbocycles. The van der Waals surface area contributed by atoms with Crippen molar-refractivity contribution in [2.24, 2.45) is 11.3 Å². The van der Waals surface area contributed by atoms with Gasteiger partial charge in [0.15, 0.2) is 5.01 Å². The minimum atomic E-state index is -2.27. The molecule has 4 amide bonds. The van der Waals surface area contributed by atoms with Crippen LogP contribution in [-0.2, 0) is 49.8 Å². The molecular weight excluding hydrogens is 935 g/mol. The first-order valence-corrected chi connectivity index (χ1v) is 25.3. The lowest BCUT2D eigenvalue weighted by Gasteiger charge is -2.40. The SMILES string of the molecule is CCn1c(-c2ccccc2CN(C)C)c2c3cc(ccc31)-c1cc(O)cc(c1)C[C@H](NC(=O)[C@H](C(C)C)N(C)C(=O)c1ncc(NC(=O)/C=C/CN(C)C)s1)C(=O)N1CCC[C@@](O)(N1)C(=O)OCC(C)(C)C2. The Morgan fingerprint density at radius 3 is 2.47 bits per heavy atom. The van der Waals surface area contributed by atoms with Gasteiger partial charge < -0.3 is 44.9 Å². The molecule has 1 saturated heterocycles. The highest BCUT2D eigenvalue weighted by atomic mass is 32.1. The number of aromatic nitrogens is 2. The monoisotopic (exact) mass is 1000 g/mol. The Hall–Kier alpha value is -6.44. The average molecular weight is 1000 g/mol. The van der Waals surface area contributed by atoms with Crippen molar-refractivity contribution >= 4 is 56.8 Å². The molecule has 5 aromatic rings. The summed E-state index contributed by atoms with van der Waals surface area (Å²) >= 11 is 0.965. The van der Waals surface area contributed by atoms with Gasteiger partial charge in [0.05, 0.1) is 18.5 Å². The van der Waals surface area contributed by atoms with Crippen molar-refractivity contribution in [3.8, 4) is 28.1 Å². The quantitative estimate of drug-likeness (QED) is 0.0678. The summed E-state index contributed by atoms with van der Waals surface area (Å²) < 4.78 is 8.31. The van der Waals surface area contributed by atoms with Gasteiger partial charge in [-0.2, -0.15) is 5.43 Å². The number of nitrogens with zero attached hydrogens (tertiary/aromatic N) is 6. The number of aromatic hydroxyl groups is 1. The second-order valence-electron chi connectivity index (χ2n) is 20.6. The fourth-order valence-electron chi connectivity index (χ4n) is 9.71. The molecule has 72 heavy (non-hydrogen) atoms. The zero-order valence-electron chi connectivity index (χ0n) is 43.0. The number of fused-ring (bicyclic) bond motifs is 6. The maximum atomic E-state index is 14.8. The van der Waals surface area contributed by atoms with Crippen LogP contribution in [0.5, 0.6) is 5.75 Å². The van der Waals surface area contributed by atoms with Crippen molar-refractivity contribution in [3.05, 3.63) is 101 Å². The number of aliphatic hydroxyl groups is 1. The Bertz CT molecular complexity index is 2870. The number of hydrogen-bond donors (Lipinski definition) is 5. The Morgan fingerprint density at radius 2 is 1.76 bits per heavy atom. The predicted molar refractivity (Wildman–Crippen MR) is 280 cm³/mol. The number of esters is 1. The summed E-state index contributed by atoms with van der Waals surface area (Å²) in [5, 5.41) is 31.5. The second-order valence-corrected chi connectivity index (χ2v) is 21.7. The van der Waals surface area contributed by atoms with Gasteiger partial charge in [-0.15, -0.1) is 0 Å². The number of rotatable bonds is 13. The number of cyclic esters (lactones) is 1. The summed E-state index contributed by atoms with van der Waals surface area (Å²) in [5.74, 6) is -3.71. The highest BCUT2D eigenvalue weighted by Gasteiger charge is 2.45. The first-order valence-electron chi connectivity index (χ1n) is 24.4. The molecule has 0 radical (unpaired) electrons. The number of likely N-dealkylation sites (N-methyl/N-ethyl adjacent to an activating group) is 2. The lowest BCUT2D eigenvalue weighted by molar-refractivity contribution is -0.189. The number of anilines is 1. The van der Waals surface area contributed by atoms with Crippen molar-refractivity contribution < 1.29 is 38.9 Å². The highest BCUT2D eigenvalue weighted by Crippen LogP contribution is 2.42. The van der Waals surface area contributed by atoms with Crippen molar-refractivity contribution in [2.75, 3.05) is 60.3 Å². The van der Waals surface area contributed by atoms with Crippen LogP contribution in [-0.4, -0.2) is 142 Å². The molecule has 1 fully saturated rings. The molecule has 0 saturated carbocycles. The minimum Gasteiger partial charge on any atom is -0.508 e. The summed E-state index contributed by atoms with van der Waals surface area (Å²) in [4.78, 5) is 79.5. The van der Waals surface area contributed by atoms with Crippen LogP contribution in [0.15, 0.2) is 79.0 Å². The fourth-order valence-corrected chi connectivity index (χ4v) is 10.5. The Kier molecular flexibility index (Phi) is 16.4. The van der Waals surface area contributed by atoms with Crippen LogP contribution in [0.2, 0.25) is 0 Å². The van der Waals surface area contributed by atoms with Crippen molar-refractivity contribution in [1.82, 2.24) is 40.0 Å². The number of phenols is 1. The number of hydrazine groups is 1. The average Bonchev–Trinajstić information content (AvgIpc) is 3.90. The molecule has 2 aliphatic rings. The van der Waals surface area contributed by atoms with E-state index in [1.165, 1.54) is 30.3 Å². The molecule has 17 nitrogen and oxygen atoms in total. The number of phenolic OH excluding ortho intramolecular Hbond substituents is 1. The topological polar surface area (TPSA) is 202 Å². The summed E-state index contributed by atoms with van der Waals surface area (Å²) in [5.41, 5.74) is 7.23. The highest BCUT2D eigenvalue weighted by molar-refractivity contribution is 7.17. The van der Waals surface area contributed by atoms with Gasteiger partial charge in [-0.05, 0) is 106 Å². The Labute approximate surface area is 425 Å². The molecular formula is C54H69N9O8S. The molecule has 0 spiro atoms. The third-order valence-electron chi connectivity index (χ3n) is 13.0. The number of hydrogen-bond acceptors (Lipinski definition) is 13. The summed E-state index contributed by atoms with van der Waals surface area (Å²) in [7, 11) is 9.33. The molecule has 3 aromatic carbocycles. The number of thiazole rings is 1. The van der Waals surface area contributed by atoms with E-state index in [1.54, 1.807) is 26.0 Å². The van der Waals surface area contributed by atoms with Gasteiger partial charge in [0.1, 0.15) is 22.8 Å². The van der Waals surface area contributed by atoms with E-state index in [0.29, 0.717) is 42.2 Å². The van der Waals surface area contributed by atoms with E-state index in [0.717, 1.165) is 55.2 Å². The van der Waals surface area contributed by atoms with Crippen LogP contribution in [0.1, 0.15) is 74.0 Å². The number of ether oxygens (including phenoxy) is 1. The molecule has 4 heterocycles. The standard InChI is InChI=1S/C54H69N9O8S/c1-11-62-43-20-19-35-28-40(43)41(47(62)39-17-13-12-16-36(39)31-60(8)9)29-53(4,5)32-71-52(69)54(70)21-15-23-63(58-54)50(67)42(26-34-24-37(35)27-38(64)25-34)56-48(66)46(33(2)3)61(10)51(68)49-55-30-45(72-49)57-44(65)18-14-22-59(6)7/h12-14,16-20,24-25,27-28,30,33,42,46,58,64,70H,11,15,21-23,26,29,31-32H2,1-10H3,(H,56,66)(H,57,65)/b18-14+/t42-,46-,54-/m0/s1. The zero-order chi connectivity index (χ0) is 52.2. The molecule has 2 aliphatic heterocycles. The molecule has 0 unspecified atom stereocenters. The van der Waals surface area contributed by atoms with E-state index in [-0.39, 0.29) is 49.1 Å². The summed E-state index contributed by atoms with van der Waals surface area (Å²) in [6, 6.07) is 17.3. The van der Waals surface area contributed by atoms with Gasteiger partial charge >= 0.3 is 5.97 Å². The molecule has 2 aromatic heterocycles. The largest absolute Gasteiger partial charge is 0.508 e. The van der Waals surface area contributed by atoms with Crippen LogP contribution < -0.4 is 16.1 Å². The van der Waals surface area contributed by atoms with E-state index in [1.807, 2.05) is 71.2 Å². The van der Waals surface area contributed by atoms with Gasteiger partial charge in [-0.25, -0.2) is 9.78 Å². The van der Waals surface area contributed by atoms with Gasteiger partial charge in [0, 0.05) is 74.0 Å². The van der Waals surface area contributed by atoms with Crippen LogP contribution in [0.25, 0.3) is 33.3 Å². The maximum Gasteiger partial charge on any atom is 0.355 e. The molecule has 3 atom stereocenters. The predicted octanol–water partition coefficient (Wildman–Crippen LogP) is 6.04. The molecule has 18 heteroatoms. The smallest absolute Gasteiger partial charge is 0.355 e. The van der Waals surface area contributed by atoms with Crippen molar-refractivity contribution in [2.45, 2.75) is 91.2 Å². The number of benzene rings is 3. The van der Waals surface area contributed by atoms with E-state index in [4.69, 9.17) is 4.74 Å². The zero-order valence-corrected chi connectivity index (χ0v) is 43.9. The number of nitrogens with one attached hydrogen (secondary N) is 3. The number of carbonyl (C=O) groups excluding carboxylic acids is 5. The third-order valence-corrected chi connectivity index (χ3v) is 13.9. The third kappa shape index (κ3) is 12.1. The number of carbonyl (C=O) groups is 5. The maximum absolute atomic E-state index is 14.8. The molecule has 7 rings (SSSR count). The molecule has 6 bridgehead atoms. The lowest BCUT2D eigenvalue weighted by atomic mass is 9.83. The number of aryl methyl sites for hydroxylation is 1. The van der Waals surface area contributed by atoms with Crippen molar-refractivity contribution in [3.63, 3.8) is 0 Å². The Balaban J connectivity index is 1.28. The first kappa shape index (κ1) is 53.4. The number of amides is 4. The van der Waals surface area contributed by atoms with Gasteiger partial charge in [-0.1, -0.05) is 81.5 Å². The fraction of sp³-hybridized carbons (Fsp3) is 0.444. The van der Waals surface area contributed by atoms with Crippen LogP contribution >= 0.6 is 11.3 Å². The van der Waals surface area contributed by atoms with Gasteiger partial charge in [0.25, 0.3) is 11.8 Å². The summed E-state index contributed by atoms with van der Waals surface area (Å²) in [6.45, 7) is 11.7. The Morgan fingerprint density at radius 1 is 1.01 bits per heavy atom. The molecule has 384 valence electrons. The van der Waals surface area contributed by atoms with E-state index in [2.05, 4.69) is 61.7 Å². The van der Waals surface area contributed by atoms with E-state index < -0.39 is 52.8 Å². The van der Waals surface area contributed by atoms with E-state index >= 15 is 0 Å². The second kappa shape index (κ2) is 22.1. The van der Waals surface area contributed by atoms with E-state index in [9.17, 15) is 34.2 Å². The lowest BCUT2D eigenvalue weighted by Crippen LogP contribution is -2.67. The molecule has 5 N–H and O–H groups in total. The first-order chi connectivity index (χ1) is 34.1. The minimum absolute atomic E-state index is 0.0390. The van der Waals surface area contributed by atoms with Crippen molar-refractivity contribution in [1.29, 1.82) is 0 Å². The normalized spacial score (nSPS) is 18.9. The van der Waals surface area contributed by atoms with Crippen LogP contribution in [0, 0.1) is 11.3 Å². The van der Waals surface area contributed by atoms with Crippen LogP contribution in [0.4, 0.5) is 5.00 Å². The summed E-state index contributed by atoms with van der Waals surface area (Å²) in [6.07, 6.45) is 5.05. The van der Waals surface area contributed by atoms with Gasteiger partial charge in [-0.3, -0.25) is 24.2 Å². The van der Waals surface area contributed by atoms with Crippen LogP contribution in [0.3, 0.4) is 0 Å². The van der Waals surface area contributed by atoms with Gasteiger partial charge in [0.2, 0.25) is 17.5 Å².